The molecule has 0 N–H and O–H groups in total. The van der Waals surface area contributed by atoms with Crippen molar-refractivity contribution in [3.05, 3.63) is 211 Å². The molecule has 1 aliphatic rings. The lowest BCUT2D eigenvalue weighted by Gasteiger charge is -2.22. The minimum atomic E-state index is -0.211. The molecular weight excluding hydrogens is 743 g/mol. The number of hydrogen-bond donors (Lipinski definition) is 0. The van der Waals surface area contributed by atoms with Gasteiger partial charge in [-0.2, -0.15) is 0 Å². The number of para-hydroxylation sites is 2. The highest BCUT2D eigenvalue weighted by Gasteiger charge is 2.41. The van der Waals surface area contributed by atoms with Gasteiger partial charge in [-0.3, -0.25) is 0 Å². The average Bonchev–Trinajstić information content (AvgIpc) is 3.94. The smallest absolute Gasteiger partial charge is 0.164 e. The second-order valence-electron chi connectivity index (χ2n) is 16.4. The molecule has 5 nitrogen and oxygen atoms in total. The Labute approximate surface area is 353 Å². The van der Waals surface area contributed by atoms with E-state index in [9.17, 15) is 0 Å². The van der Waals surface area contributed by atoms with E-state index in [-0.39, 0.29) is 5.41 Å². The number of benzene rings is 8. The van der Waals surface area contributed by atoms with Crippen molar-refractivity contribution in [3.63, 3.8) is 0 Å². The Kier molecular flexibility index (Phi) is 7.81. The standard InChI is InChI=1S/C56H39N5/c1-56(2)46-27-14-12-26-45(46)52-50(56)49-48(61(52)41-23-10-5-11-24-41)34-33-44-43-25-13-15-28-47(43)60(51(44)49)42-31-29-36(30-32-42)39-21-16-22-40(35-39)55-58-53(37-17-6-3-7-18-37)57-54(59-55)38-19-8-4-9-20-38/h3-35H,1-2H3. The van der Waals surface area contributed by atoms with Crippen LogP contribution < -0.4 is 0 Å². The number of aromatic nitrogens is 5. The third-order valence-corrected chi connectivity index (χ3v) is 12.5. The van der Waals surface area contributed by atoms with Crippen LogP contribution in [0.4, 0.5) is 0 Å². The number of rotatable bonds is 6. The van der Waals surface area contributed by atoms with Gasteiger partial charge in [0.2, 0.25) is 0 Å². The van der Waals surface area contributed by atoms with E-state index in [1.807, 2.05) is 60.7 Å². The summed E-state index contributed by atoms with van der Waals surface area (Å²) in [6.45, 7) is 4.78. The molecule has 0 amide bonds. The van der Waals surface area contributed by atoms with Crippen molar-refractivity contribution < 1.29 is 0 Å². The normalized spacial score (nSPS) is 12.9. The lowest BCUT2D eigenvalue weighted by atomic mass is 9.81. The molecule has 8 aromatic carbocycles. The Morgan fingerprint density at radius 3 is 1.66 bits per heavy atom. The lowest BCUT2D eigenvalue weighted by molar-refractivity contribution is 0.666. The fourth-order valence-corrected chi connectivity index (χ4v) is 9.76. The largest absolute Gasteiger partial charge is 0.309 e. The molecule has 0 saturated heterocycles. The van der Waals surface area contributed by atoms with E-state index in [2.05, 4.69) is 163 Å². The maximum atomic E-state index is 5.01. The average molecular weight is 782 g/mol. The number of nitrogens with zero attached hydrogens (tertiary/aromatic N) is 5. The van der Waals surface area contributed by atoms with Gasteiger partial charge in [0.1, 0.15) is 0 Å². The van der Waals surface area contributed by atoms with Crippen LogP contribution in [-0.4, -0.2) is 24.1 Å². The summed E-state index contributed by atoms with van der Waals surface area (Å²) in [6, 6.07) is 71.1. The van der Waals surface area contributed by atoms with Gasteiger partial charge in [0.05, 0.1) is 22.2 Å². The summed E-state index contributed by atoms with van der Waals surface area (Å²) in [6.07, 6.45) is 0. The number of fused-ring (bicyclic) bond motifs is 9. The second-order valence-corrected chi connectivity index (χ2v) is 16.4. The first-order valence-electron chi connectivity index (χ1n) is 20.9. The summed E-state index contributed by atoms with van der Waals surface area (Å²) in [5.41, 5.74) is 16.1. The van der Waals surface area contributed by atoms with Crippen molar-refractivity contribution in [1.82, 2.24) is 24.1 Å². The summed E-state index contributed by atoms with van der Waals surface area (Å²) in [5, 5.41) is 3.79. The highest BCUT2D eigenvalue weighted by Crippen LogP contribution is 2.55. The zero-order chi connectivity index (χ0) is 40.7. The van der Waals surface area contributed by atoms with Gasteiger partial charge in [0.15, 0.2) is 17.5 Å². The van der Waals surface area contributed by atoms with Crippen LogP contribution in [0.5, 0.6) is 0 Å². The van der Waals surface area contributed by atoms with E-state index in [1.54, 1.807) is 0 Å². The Balaban J connectivity index is 1.03. The van der Waals surface area contributed by atoms with Crippen molar-refractivity contribution in [2.24, 2.45) is 0 Å². The Hall–Kier alpha value is -7.89. The fourth-order valence-electron chi connectivity index (χ4n) is 9.76. The van der Waals surface area contributed by atoms with E-state index >= 15 is 0 Å². The van der Waals surface area contributed by atoms with Gasteiger partial charge in [-0.15, -0.1) is 0 Å². The van der Waals surface area contributed by atoms with Crippen LogP contribution >= 0.6 is 0 Å². The maximum absolute atomic E-state index is 5.01. The molecule has 0 radical (unpaired) electrons. The molecule has 12 rings (SSSR count). The first-order chi connectivity index (χ1) is 30.0. The predicted molar refractivity (Wildman–Crippen MR) is 250 cm³/mol. The first kappa shape index (κ1) is 35.1. The van der Waals surface area contributed by atoms with E-state index in [1.165, 1.54) is 60.8 Å². The molecule has 0 bridgehead atoms. The quantitative estimate of drug-likeness (QED) is 0.169. The Morgan fingerprint density at radius 1 is 0.393 bits per heavy atom. The van der Waals surface area contributed by atoms with E-state index in [0.29, 0.717) is 17.5 Å². The second kappa shape index (κ2) is 13.6. The van der Waals surface area contributed by atoms with Crippen molar-refractivity contribution in [3.8, 4) is 67.9 Å². The third kappa shape index (κ3) is 5.44. The molecular formula is C56H39N5. The fraction of sp³-hybridized carbons (Fsp3) is 0.0536. The molecule has 1 aliphatic carbocycles. The highest BCUT2D eigenvalue weighted by molar-refractivity contribution is 6.21. The Morgan fingerprint density at radius 2 is 0.951 bits per heavy atom. The van der Waals surface area contributed by atoms with Crippen LogP contribution in [0.15, 0.2) is 200 Å². The highest BCUT2D eigenvalue weighted by atomic mass is 15.0. The van der Waals surface area contributed by atoms with Crippen molar-refractivity contribution in [1.29, 1.82) is 0 Å². The van der Waals surface area contributed by atoms with E-state index in [0.717, 1.165) is 33.5 Å². The van der Waals surface area contributed by atoms with Gasteiger partial charge in [0, 0.05) is 55.2 Å². The molecule has 5 heteroatoms. The maximum Gasteiger partial charge on any atom is 0.164 e. The third-order valence-electron chi connectivity index (χ3n) is 12.5. The van der Waals surface area contributed by atoms with Gasteiger partial charge in [0.25, 0.3) is 0 Å². The summed E-state index contributed by atoms with van der Waals surface area (Å²) in [5.74, 6) is 1.94. The van der Waals surface area contributed by atoms with Gasteiger partial charge >= 0.3 is 0 Å². The molecule has 61 heavy (non-hydrogen) atoms. The SMILES string of the molecule is CC1(C)c2ccccc2-c2c1c1c(ccc3c4ccccc4n(-c4ccc(-c5cccc(-c6nc(-c7ccccc7)nc(-c7ccccc7)n6)c5)cc4)c31)n2-c1ccccc1. The molecule has 0 atom stereocenters. The van der Waals surface area contributed by atoms with Gasteiger partial charge in [-0.25, -0.2) is 15.0 Å². The summed E-state index contributed by atoms with van der Waals surface area (Å²) >= 11 is 0. The van der Waals surface area contributed by atoms with E-state index in [4.69, 9.17) is 15.0 Å². The minimum Gasteiger partial charge on any atom is -0.309 e. The van der Waals surface area contributed by atoms with Crippen molar-refractivity contribution >= 4 is 32.7 Å². The molecule has 0 saturated carbocycles. The molecule has 0 spiro atoms. The van der Waals surface area contributed by atoms with Crippen LogP contribution in [0.2, 0.25) is 0 Å². The van der Waals surface area contributed by atoms with Crippen LogP contribution in [0.1, 0.15) is 25.0 Å². The molecule has 11 aromatic rings. The van der Waals surface area contributed by atoms with Gasteiger partial charge < -0.3 is 9.13 Å². The summed E-state index contributed by atoms with van der Waals surface area (Å²) in [7, 11) is 0. The first-order valence-corrected chi connectivity index (χ1v) is 20.9. The van der Waals surface area contributed by atoms with Crippen molar-refractivity contribution in [2.75, 3.05) is 0 Å². The molecule has 3 heterocycles. The van der Waals surface area contributed by atoms with Crippen LogP contribution in [-0.2, 0) is 5.41 Å². The molecule has 3 aromatic heterocycles. The van der Waals surface area contributed by atoms with Crippen molar-refractivity contribution in [2.45, 2.75) is 19.3 Å². The van der Waals surface area contributed by atoms with Crippen LogP contribution in [0.3, 0.4) is 0 Å². The minimum absolute atomic E-state index is 0.211. The van der Waals surface area contributed by atoms with Crippen LogP contribution in [0, 0.1) is 0 Å². The topological polar surface area (TPSA) is 48.5 Å². The monoisotopic (exact) mass is 781 g/mol. The van der Waals surface area contributed by atoms with E-state index < -0.39 is 0 Å². The predicted octanol–water partition coefficient (Wildman–Crippen LogP) is 13.9. The summed E-state index contributed by atoms with van der Waals surface area (Å²) < 4.78 is 4.98. The molecule has 288 valence electrons. The number of hydrogen-bond acceptors (Lipinski definition) is 3. The van der Waals surface area contributed by atoms with Crippen LogP contribution in [0.25, 0.3) is 101 Å². The molecule has 0 aliphatic heterocycles. The van der Waals surface area contributed by atoms with Gasteiger partial charge in [-0.1, -0.05) is 172 Å². The summed E-state index contributed by atoms with van der Waals surface area (Å²) in [4.78, 5) is 14.9. The lowest BCUT2D eigenvalue weighted by Crippen LogP contribution is -2.15. The zero-order valence-corrected chi connectivity index (χ0v) is 33.8. The molecule has 0 unspecified atom stereocenters. The zero-order valence-electron chi connectivity index (χ0n) is 33.8. The molecule has 0 fully saturated rings. The Bertz CT molecular complexity index is 3410. The van der Waals surface area contributed by atoms with Gasteiger partial charge in [-0.05, 0) is 64.7 Å².